The Balaban J connectivity index is 2.09. The lowest BCUT2D eigenvalue weighted by Gasteiger charge is -2.18. The molecule has 0 saturated carbocycles. The number of benzene rings is 2. The summed E-state index contributed by atoms with van der Waals surface area (Å²) in [5.41, 5.74) is 3.88. The van der Waals surface area contributed by atoms with E-state index in [4.69, 9.17) is 0 Å². The van der Waals surface area contributed by atoms with Gasteiger partial charge in [-0.3, -0.25) is 4.99 Å². The lowest BCUT2D eigenvalue weighted by atomic mass is 9.95. The Morgan fingerprint density at radius 3 is 2.59 bits per heavy atom. The predicted molar refractivity (Wildman–Crippen MR) is 70.1 cm³/mol. The molecule has 1 aliphatic rings. The van der Waals surface area contributed by atoms with Crippen LogP contribution in [0.15, 0.2) is 59.6 Å². The van der Waals surface area contributed by atoms with Crippen LogP contribution in [-0.2, 0) is 6.54 Å². The van der Waals surface area contributed by atoms with Crippen LogP contribution in [0.25, 0.3) is 0 Å². The SMILES string of the molecule is C1=NCc2ccccc2C(c2ccccc2)N1. The molecular formula is C15H14N2. The average molecular weight is 222 g/mol. The van der Waals surface area contributed by atoms with Crippen LogP contribution in [0.3, 0.4) is 0 Å². The summed E-state index contributed by atoms with van der Waals surface area (Å²) >= 11 is 0. The van der Waals surface area contributed by atoms with Crippen LogP contribution in [0.5, 0.6) is 0 Å². The second-order valence-corrected chi connectivity index (χ2v) is 4.18. The minimum Gasteiger partial charge on any atom is -0.365 e. The van der Waals surface area contributed by atoms with Gasteiger partial charge in [0.2, 0.25) is 0 Å². The largest absolute Gasteiger partial charge is 0.365 e. The highest BCUT2D eigenvalue weighted by Gasteiger charge is 2.17. The molecular weight excluding hydrogens is 208 g/mol. The number of nitrogens with zero attached hydrogens (tertiary/aromatic N) is 1. The van der Waals surface area contributed by atoms with Gasteiger partial charge in [-0.25, -0.2) is 0 Å². The minimum atomic E-state index is 0.207. The smallest absolute Gasteiger partial charge is 0.0835 e. The van der Waals surface area contributed by atoms with Crippen molar-refractivity contribution in [2.45, 2.75) is 12.6 Å². The number of hydrogen-bond acceptors (Lipinski definition) is 2. The number of nitrogens with one attached hydrogen (secondary N) is 1. The van der Waals surface area contributed by atoms with Gasteiger partial charge in [0, 0.05) is 0 Å². The summed E-state index contributed by atoms with van der Waals surface area (Å²) in [6.45, 7) is 0.756. The molecule has 0 bridgehead atoms. The topological polar surface area (TPSA) is 24.4 Å². The van der Waals surface area contributed by atoms with E-state index in [9.17, 15) is 0 Å². The Morgan fingerprint density at radius 2 is 1.71 bits per heavy atom. The maximum absolute atomic E-state index is 4.35. The highest BCUT2D eigenvalue weighted by atomic mass is 15.0. The summed E-state index contributed by atoms with van der Waals surface area (Å²) in [7, 11) is 0. The minimum absolute atomic E-state index is 0.207. The van der Waals surface area contributed by atoms with Crippen LogP contribution in [-0.4, -0.2) is 6.34 Å². The van der Waals surface area contributed by atoms with Crippen LogP contribution in [0, 0.1) is 0 Å². The van der Waals surface area contributed by atoms with Crippen LogP contribution in [0.2, 0.25) is 0 Å². The second kappa shape index (κ2) is 4.42. The van der Waals surface area contributed by atoms with Crippen molar-refractivity contribution < 1.29 is 0 Å². The second-order valence-electron chi connectivity index (χ2n) is 4.18. The van der Waals surface area contributed by atoms with E-state index >= 15 is 0 Å². The summed E-state index contributed by atoms with van der Waals surface area (Å²) in [5.74, 6) is 0. The standard InChI is InChI=1S/C15H14N2/c1-2-6-12(7-3-1)15-14-9-5-4-8-13(14)10-16-11-17-15/h1-9,11,15H,10H2,(H,16,17). The molecule has 2 aromatic rings. The first kappa shape index (κ1) is 10.1. The number of rotatable bonds is 1. The normalized spacial score (nSPS) is 18.0. The summed E-state index contributed by atoms with van der Waals surface area (Å²) in [6, 6.07) is 19.2. The van der Waals surface area contributed by atoms with E-state index in [2.05, 4.69) is 58.8 Å². The van der Waals surface area contributed by atoms with Crippen molar-refractivity contribution in [1.29, 1.82) is 0 Å². The molecule has 1 aliphatic heterocycles. The molecule has 0 saturated heterocycles. The predicted octanol–water partition coefficient (Wildman–Crippen LogP) is 2.91. The number of fused-ring (bicyclic) bond motifs is 1. The Hall–Kier alpha value is -2.09. The summed E-state index contributed by atoms with van der Waals surface area (Å²) in [5, 5.41) is 3.36. The Kier molecular flexibility index (Phi) is 2.62. The third-order valence-electron chi connectivity index (χ3n) is 3.09. The molecule has 0 aromatic heterocycles. The maximum Gasteiger partial charge on any atom is 0.0835 e. The lowest BCUT2D eigenvalue weighted by molar-refractivity contribution is 0.775. The van der Waals surface area contributed by atoms with Gasteiger partial charge in [0.25, 0.3) is 0 Å². The van der Waals surface area contributed by atoms with Crippen LogP contribution >= 0.6 is 0 Å². The molecule has 1 unspecified atom stereocenters. The van der Waals surface area contributed by atoms with Gasteiger partial charge in [0.1, 0.15) is 0 Å². The molecule has 2 nitrogen and oxygen atoms in total. The molecule has 2 aromatic carbocycles. The monoisotopic (exact) mass is 222 g/mol. The quantitative estimate of drug-likeness (QED) is 0.788. The van der Waals surface area contributed by atoms with E-state index in [0.717, 1.165) is 6.54 Å². The molecule has 0 aliphatic carbocycles. The zero-order valence-electron chi connectivity index (χ0n) is 9.51. The molecule has 1 heterocycles. The molecule has 0 amide bonds. The van der Waals surface area contributed by atoms with Gasteiger partial charge in [-0.2, -0.15) is 0 Å². The van der Waals surface area contributed by atoms with E-state index < -0.39 is 0 Å². The van der Waals surface area contributed by atoms with E-state index in [1.54, 1.807) is 0 Å². The fraction of sp³-hybridized carbons (Fsp3) is 0.133. The lowest BCUT2D eigenvalue weighted by Crippen LogP contribution is -2.20. The van der Waals surface area contributed by atoms with Crippen LogP contribution in [0.1, 0.15) is 22.7 Å². The molecule has 0 radical (unpaired) electrons. The molecule has 3 rings (SSSR count). The number of hydrogen-bond donors (Lipinski definition) is 1. The summed E-state index contributed by atoms with van der Waals surface area (Å²) in [4.78, 5) is 4.35. The maximum atomic E-state index is 4.35. The first-order valence-electron chi connectivity index (χ1n) is 5.82. The van der Waals surface area contributed by atoms with Crippen molar-refractivity contribution in [3.8, 4) is 0 Å². The molecule has 0 spiro atoms. The molecule has 1 N–H and O–H groups in total. The van der Waals surface area contributed by atoms with Crippen molar-refractivity contribution in [1.82, 2.24) is 5.32 Å². The van der Waals surface area contributed by atoms with Gasteiger partial charge in [-0.1, -0.05) is 54.6 Å². The van der Waals surface area contributed by atoms with Crippen molar-refractivity contribution >= 4 is 6.34 Å². The van der Waals surface area contributed by atoms with Crippen molar-refractivity contribution in [3.05, 3.63) is 71.3 Å². The van der Waals surface area contributed by atoms with Gasteiger partial charge in [-0.05, 0) is 16.7 Å². The highest BCUT2D eigenvalue weighted by molar-refractivity contribution is 5.59. The van der Waals surface area contributed by atoms with Gasteiger partial charge < -0.3 is 5.32 Å². The zero-order chi connectivity index (χ0) is 11.5. The van der Waals surface area contributed by atoms with E-state index in [1.165, 1.54) is 16.7 Å². The fourth-order valence-electron chi connectivity index (χ4n) is 2.24. The van der Waals surface area contributed by atoms with Gasteiger partial charge in [0.15, 0.2) is 0 Å². The molecule has 2 heteroatoms. The van der Waals surface area contributed by atoms with E-state index in [-0.39, 0.29) is 6.04 Å². The van der Waals surface area contributed by atoms with Gasteiger partial charge in [-0.15, -0.1) is 0 Å². The third kappa shape index (κ3) is 1.94. The Morgan fingerprint density at radius 1 is 0.941 bits per heavy atom. The Bertz CT molecular complexity index is 532. The first-order valence-corrected chi connectivity index (χ1v) is 5.82. The van der Waals surface area contributed by atoms with Crippen molar-refractivity contribution in [2.75, 3.05) is 0 Å². The third-order valence-corrected chi connectivity index (χ3v) is 3.09. The zero-order valence-corrected chi connectivity index (χ0v) is 9.51. The van der Waals surface area contributed by atoms with Gasteiger partial charge >= 0.3 is 0 Å². The molecule has 1 atom stereocenters. The summed E-state index contributed by atoms with van der Waals surface area (Å²) in [6.07, 6.45) is 1.82. The van der Waals surface area contributed by atoms with Crippen molar-refractivity contribution in [3.63, 3.8) is 0 Å². The molecule has 0 fully saturated rings. The van der Waals surface area contributed by atoms with Crippen molar-refractivity contribution in [2.24, 2.45) is 4.99 Å². The highest BCUT2D eigenvalue weighted by Crippen LogP contribution is 2.26. The fourth-order valence-corrected chi connectivity index (χ4v) is 2.24. The average Bonchev–Trinajstić information content (AvgIpc) is 2.62. The van der Waals surface area contributed by atoms with Crippen LogP contribution < -0.4 is 5.32 Å². The molecule has 17 heavy (non-hydrogen) atoms. The number of aliphatic imine (C=N–C) groups is 1. The summed E-state index contributed by atoms with van der Waals surface area (Å²) < 4.78 is 0. The molecule has 84 valence electrons. The van der Waals surface area contributed by atoms with E-state index in [0.29, 0.717) is 0 Å². The van der Waals surface area contributed by atoms with Gasteiger partial charge in [0.05, 0.1) is 18.9 Å². The first-order chi connectivity index (χ1) is 8.45. The van der Waals surface area contributed by atoms with Crippen LogP contribution in [0.4, 0.5) is 0 Å². The Labute approximate surface area is 101 Å². The van der Waals surface area contributed by atoms with E-state index in [1.807, 2.05) is 12.4 Å².